The van der Waals surface area contributed by atoms with Crippen LogP contribution < -0.4 is 10.1 Å². The maximum atomic E-state index is 13.9. The molecule has 0 aromatic heterocycles. The Balaban J connectivity index is 1.27. The first-order chi connectivity index (χ1) is 19.6. The van der Waals surface area contributed by atoms with Crippen LogP contribution >= 0.6 is 15.9 Å². The van der Waals surface area contributed by atoms with E-state index in [1.54, 1.807) is 11.0 Å². The van der Waals surface area contributed by atoms with Crippen LogP contribution in [0.5, 0.6) is 5.75 Å². The van der Waals surface area contributed by atoms with Crippen LogP contribution in [0, 0.1) is 5.92 Å². The number of methoxy groups -OCH3 is 1. The van der Waals surface area contributed by atoms with Gasteiger partial charge in [0.05, 0.1) is 24.2 Å². The standard InChI is InChI=1S/C30H25BrF3N3O4/c1-41-26-12-23(30(32,33)34)24(31)11-19(26)29(40)36-10-9-16-5-4-7-18(20(16)13-36)28(39)37-14-21-17-6-2-3-8-25(17)35-27(38)22(21)15-37/h2-8,11-12,21-22H,9-10,13-15H2,1H3,(H,35,38)/t21-,22+/m1/s1. The Morgan fingerprint density at radius 2 is 1.71 bits per heavy atom. The van der Waals surface area contributed by atoms with Gasteiger partial charge in [0.1, 0.15) is 5.75 Å². The molecule has 6 rings (SSSR count). The highest BCUT2D eigenvalue weighted by atomic mass is 79.9. The van der Waals surface area contributed by atoms with Crippen molar-refractivity contribution in [3.8, 4) is 5.75 Å². The van der Waals surface area contributed by atoms with Crippen LogP contribution in [0.2, 0.25) is 0 Å². The second-order valence-corrected chi connectivity index (χ2v) is 11.3. The van der Waals surface area contributed by atoms with Crippen LogP contribution in [0.1, 0.15) is 48.9 Å². The maximum Gasteiger partial charge on any atom is 0.417 e. The molecule has 0 aliphatic carbocycles. The van der Waals surface area contributed by atoms with Gasteiger partial charge in [-0.25, -0.2) is 0 Å². The Morgan fingerprint density at radius 3 is 2.46 bits per heavy atom. The molecule has 1 fully saturated rings. The van der Waals surface area contributed by atoms with Gasteiger partial charge in [0.15, 0.2) is 0 Å². The smallest absolute Gasteiger partial charge is 0.417 e. The van der Waals surface area contributed by atoms with Gasteiger partial charge in [-0.05, 0) is 47.4 Å². The summed E-state index contributed by atoms with van der Waals surface area (Å²) in [4.78, 5) is 43.5. The molecule has 3 amide bonds. The molecule has 0 bridgehead atoms. The number of nitrogens with one attached hydrogen (secondary N) is 1. The predicted octanol–water partition coefficient (Wildman–Crippen LogP) is 5.48. The summed E-state index contributed by atoms with van der Waals surface area (Å²) in [5.74, 6) is -1.45. The average Bonchev–Trinajstić information content (AvgIpc) is 3.42. The molecular weight excluding hydrogens is 603 g/mol. The molecular formula is C30H25BrF3N3O4. The fourth-order valence-electron chi connectivity index (χ4n) is 6.11. The lowest BCUT2D eigenvalue weighted by Gasteiger charge is -2.31. The van der Waals surface area contributed by atoms with Gasteiger partial charge < -0.3 is 19.9 Å². The fourth-order valence-corrected chi connectivity index (χ4v) is 6.68. The minimum atomic E-state index is -4.62. The second kappa shape index (κ2) is 10.2. The number of halogens is 4. The van der Waals surface area contributed by atoms with Gasteiger partial charge in [0, 0.05) is 47.8 Å². The minimum Gasteiger partial charge on any atom is -0.496 e. The Hall–Kier alpha value is -3.86. The average molecular weight is 628 g/mol. The van der Waals surface area contributed by atoms with Crippen LogP contribution in [0.3, 0.4) is 0 Å². The van der Waals surface area contributed by atoms with Crippen molar-refractivity contribution >= 4 is 39.3 Å². The monoisotopic (exact) mass is 627 g/mol. The van der Waals surface area contributed by atoms with Crippen molar-refractivity contribution in [2.75, 3.05) is 32.1 Å². The molecule has 3 heterocycles. The van der Waals surface area contributed by atoms with E-state index in [4.69, 9.17) is 4.74 Å². The van der Waals surface area contributed by atoms with Crippen LogP contribution in [0.25, 0.3) is 0 Å². The molecule has 0 spiro atoms. The number of alkyl halides is 3. The first kappa shape index (κ1) is 27.3. The molecule has 2 atom stereocenters. The second-order valence-electron chi connectivity index (χ2n) is 10.4. The van der Waals surface area contributed by atoms with Crippen LogP contribution in [-0.4, -0.2) is 54.3 Å². The number of nitrogens with zero attached hydrogens (tertiary/aromatic N) is 2. The molecule has 0 saturated carbocycles. The summed E-state index contributed by atoms with van der Waals surface area (Å²) in [6, 6.07) is 15.0. The minimum absolute atomic E-state index is 0.00655. The van der Waals surface area contributed by atoms with E-state index in [-0.39, 0.29) is 52.5 Å². The quantitative estimate of drug-likeness (QED) is 0.417. The first-order valence-electron chi connectivity index (χ1n) is 13.1. The Kier molecular flexibility index (Phi) is 6.80. The van der Waals surface area contributed by atoms with Crippen molar-refractivity contribution in [3.63, 3.8) is 0 Å². The highest BCUT2D eigenvalue weighted by Crippen LogP contribution is 2.42. The lowest BCUT2D eigenvalue weighted by Crippen LogP contribution is -2.38. The summed E-state index contributed by atoms with van der Waals surface area (Å²) in [5, 5.41) is 2.94. The van der Waals surface area contributed by atoms with Crippen LogP contribution in [-0.2, 0) is 23.9 Å². The summed E-state index contributed by atoms with van der Waals surface area (Å²) in [6.07, 6.45) is -4.14. The van der Waals surface area contributed by atoms with Crippen molar-refractivity contribution in [1.29, 1.82) is 0 Å². The first-order valence-corrected chi connectivity index (χ1v) is 13.9. The van der Waals surface area contributed by atoms with Gasteiger partial charge in [-0.3, -0.25) is 14.4 Å². The van der Waals surface area contributed by atoms with Crippen molar-refractivity contribution in [1.82, 2.24) is 9.80 Å². The lowest BCUT2D eigenvalue weighted by molar-refractivity contribution is -0.138. The van der Waals surface area contributed by atoms with Crippen LogP contribution in [0.15, 0.2) is 59.1 Å². The Labute approximate surface area is 242 Å². The number of hydrogen-bond acceptors (Lipinski definition) is 4. The van der Waals surface area contributed by atoms with Gasteiger partial charge >= 0.3 is 6.18 Å². The van der Waals surface area contributed by atoms with E-state index in [0.717, 1.165) is 28.9 Å². The predicted molar refractivity (Wildman–Crippen MR) is 148 cm³/mol. The third kappa shape index (κ3) is 4.75. The van der Waals surface area contributed by atoms with E-state index in [0.29, 0.717) is 30.6 Å². The van der Waals surface area contributed by atoms with Gasteiger partial charge in [0.2, 0.25) is 5.91 Å². The van der Waals surface area contributed by atoms with Gasteiger partial charge in [-0.15, -0.1) is 0 Å². The summed E-state index contributed by atoms with van der Waals surface area (Å²) >= 11 is 2.95. The number of anilines is 1. The fraction of sp³-hybridized carbons (Fsp3) is 0.300. The van der Waals surface area contributed by atoms with Crippen molar-refractivity contribution in [3.05, 3.63) is 92.5 Å². The lowest BCUT2D eigenvalue weighted by atomic mass is 9.84. The summed E-state index contributed by atoms with van der Waals surface area (Å²) < 4.78 is 45.2. The normalized spacial score (nSPS) is 19.7. The Morgan fingerprint density at radius 1 is 0.976 bits per heavy atom. The van der Waals surface area contributed by atoms with E-state index in [1.807, 2.05) is 36.4 Å². The van der Waals surface area contributed by atoms with Crippen molar-refractivity contribution in [2.45, 2.75) is 25.1 Å². The number of likely N-dealkylation sites (tertiary alicyclic amines) is 1. The molecule has 3 aliphatic heterocycles. The zero-order valence-corrected chi connectivity index (χ0v) is 23.5. The number of hydrogen-bond donors (Lipinski definition) is 1. The van der Waals surface area contributed by atoms with E-state index >= 15 is 0 Å². The summed E-state index contributed by atoms with van der Waals surface area (Å²) in [6.45, 7) is 1.13. The third-order valence-corrected chi connectivity index (χ3v) is 8.83. The topological polar surface area (TPSA) is 79.0 Å². The third-order valence-electron chi connectivity index (χ3n) is 8.18. The molecule has 0 radical (unpaired) electrons. The molecule has 3 aliphatic rings. The number of carbonyl (C=O) groups excluding carboxylic acids is 3. The van der Waals surface area contributed by atoms with Gasteiger partial charge in [-0.1, -0.05) is 46.3 Å². The SMILES string of the molecule is COc1cc(C(F)(F)F)c(Br)cc1C(=O)N1CCc2cccc(C(=O)N3C[C@@H]4C(=O)Nc5ccccc5[C@H]4C3)c2C1. The molecule has 212 valence electrons. The Bertz CT molecular complexity index is 1590. The number of ether oxygens (including phenoxy) is 1. The molecule has 41 heavy (non-hydrogen) atoms. The molecule has 1 saturated heterocycles. The highest BCUT2D eigenvalue weighted by molar-refractivity contribution is 9.10. The van der Waals surface area contributed by atoms with E-state index < -0.39 is 17.6 Å². The largest absolute Gasteiger partial charge is 0.496 e. The summed E-state index contributed by atoms with van der Waals surface area (Å²) in [7, 11) is 1.22. The van der Waals surface area contributed by atoms with Gasteiger partial charge in [0.25, 0.3) is 11.8 Å². The van der Waals surface area contributed by atoms with E-state index in [9.17, 15) is 27.6 Å². The number of carbonyl (C=O) groups is 3. The van der Waals surface area contributed by atoms with Crippen molar-refractivity contribution in [2.24, 2.45) is 5.92 Å². The molecule has 3 aromatic rings. The summed E-state index contributed by atoms with van der Waals surface area (Å²) in [5.41, 5.74) is 2.91. The molecule has 3 aromatic carbocycles. The molecule has 7 nitrogen and oxygen atoms in total. The molecule has 11 heteroatoms. The van der Waals surface area contributed by atoms with E-state index in [2.05, 4.69) is 21.2 Å². The van der Waals surface area contributed by atoms with E-state index in [1.165, 1.54) is 12.0 Å². The number of fused-ring (bicyclic) bond motifs is 4. The number of rotatable bonds is 3. The molecule has 1 N–H and O–H groups in total. The van der Waals surface area contributed by atoms with Crippen molar-refractivity contribution < 1.29 is 32.3 Å². The number of para-hydroxylation sites is 1. The highest BCUT2D eigenvalue weighted by Gasteiger charge is 2.44. The molecule has 0 unspecified atom stereocenters. The maximum absolute atomic E-state index is 13.9. The van der Waals surface area contributed by atoms with Crippen LogP contribution in [0.4, 0.5) is 18.9 Å². The zero-order chi connectivity index (χ0) is 29.1. The number of benzene rings is 3. The number of amides is 3. The van der Waals surface area contributed by atoms with Gasteiger partial charge in [-0.2, -0.15) is 13.2 Å². The zero-order valence-electron chi connectivity index (χ0n) is 21.9.